The molecule has 0 bridgehead atoms. The third-order valence-corrected chi connectivity index (χ3v) is 2.06. The molecule has 4 nitrogen and oxygen atoms in total. The molecule has 0 amide bonds. The number of carbonyl (C=O) groups excluding carboxylic acids is 1. The Balaban J connectivity index is 2.56. The molecule has 0 aromatic carbocycles. The van der Waals surface area contributed by atoms with Crippen LogP contribution in [0.2, 0.25) is 5.15 Å². The van der Waals surface area contributed by atoms with E-state index in [4.69, 9.17) is 11.6 Å². The summed E-state index contributed by atoms with van der Waals surface area (Å²) in [6.45, 7) is 0. The summed E-state index contributed by atoms with van der Waals surface area (Å²) in [6, 6.07) is 5.12. The zero-order valence-electron chi connectivity index (χ0n) is 7.37. The van der Waals surface area contributed by atoms with Crippen molar-refractivity contribution in [3.8, 4) is 0 Å². The highest BCUT2D eigenvalue weighted by molar-refractivity contribution is 6.29. The molecule has 0 spiro atoms. The minimum absolute atomic E-state index is 0.372. The molecule has 2 heterocycles. The Morgan fingerprint density at radius 2 is 2.36 bits per heavy atom. The Morgan fingerprint density at radius 1 is 1.57 bits per heavy atom. The van der Waals surface area contributed by atoms with Crippen molar-refractivity contribution in [1.82, 2.24) is 9.97 Å². The Labute approximate surface area is 84.9 Å². The summed E-state index contributed by atoms with van der Waals surface area (Å²) in [6.07, 6.45) is 0. The molecule has 72 valence electrons. The molecule has 2 aromatic heterocycles. The number of aromatic amines is 1. The second-order valence-electron chi connectivity index (χ2n) is 2.75. The van der Waals surface area contributed by atoms with Gasteiger partial charge in [0.25, 0.3) is 0 Å². The predicted octanol–water partition coefficient (Wildman–Crippen LogP) is 2.00. The summed E-state index contributed by atoms with van der Waals surface area (Å²) in [5.41, 5.74) is 0.954. The van der Waals surface area contributed by atoms with Gasteiger partial charge in [0.2, 0.25) is 0 Å². The summed E-state index contributed by atoms with van der Waals surface area (Å²) in [7, 11) is 1.33. The molecule has 2 rings (SSSR count). The van der Waals surface area contributed by atoms with Crippen LogP contribution < -0.4 is 0 Å². The van der Waals surface area contributed by atoms with Gasteiger partial charge in [0, 0.05) is 5.39 Å². The normalized spacial score (nSPS) is 10.4. The minimum Gasteiger partial charge on any atom is -0.464 e. The highest BCUT2D eigenvalue weighted by Gasteiger charge is 2.09. The average molecular weight is 211 g/mol. The zero-order valence-corrected chi connectivity index (χ0v) is 8.13. The second-order valence-corrected chi connectivity index (χ2v) is 3.13. The number of hydrogen-bond acceptors (Lipinski definition) is 3. The van der Waals surface area contributed by atoms with E-state index in [1.807, 2.05) is 0 Å². The maximum absolute atomic E-state index is 11.2. The average Bonchev–Trinajstić information content (AvgIpc) is 2.59. The molecule has 14 heavy (non-hydrogen) atoms. The van der Waals surface area contributed by atoms with Gasteiger partial charge in [0.1, 0.15) is 16.5 Å². The van der Waals surface area contributed by atoms with Crippen LogP contribution in [0.5, 0.6) is 0 Å². The fraction of sp³-hybridized carbons (Fsp3) is 0.111. The summed E-state index contributed by atoms with van der Waals surface area (Å²) >= 11 is 5.69. The molecule has 0 unspecified atom stereocenters. The SMILES string of the molecule is COC(=O)c1cc2ccc(Cl)nc2[nH]1. The Hall–Kier alpha value is -1.55. The molecule has 0 saturated carbocycles. The molecule has 0 aliphatic carbocycles. The monoisotopic (exact) mass is 210 g/mol. The molecule has 0 aliphatic heterocycles. The Kier molecular flexibility index (Phi) is 2.13. The minimum atomic E-state index is -0.417. The van der Waals surface area contributed by atoms with Crippen LogP contribution in [-0.4, -0.2) is 23.0 Å². The van der Waals surface area contributed by atoms with Crippen LogP contribution in [0.3, 0.4) is 0 Å². The summed E-state index contributed by atoms with van der Waals surface area (Å²) in [5.74, 6) is -0.417. The van der Waals surface area contributed by atoms with Gasteiger partial charge in [-0.25, -0.2) is 9.78 Å². The van der Waals surface area contributed by atoms with Gasteiger partial charge in [-0.15, -0.1) is 0 Å². The van der Waals surface area contributed by atoms with Crippen molar-refractivity contribution in [1.29, 1.82) is 0 Å². The standard InChI is InChI=1S/C9H7ClN2O2/c1-14-9(13)6-4-5-2-3-7(10)12-8(5)11-6/h2-4H,1H3,(H,11,12). The van der Waals surface area contributed by atoms with Gasteiger partial charge in [0.05, 0.1) is 7.11 Å². The van der Waals surface area contributed by atoms with Crippen molar-refractivity contribution in [3.63, 3.8) is 0 Å². The molecule has 1 N–H and O–H groups in total. The lowest BCUT2D eigenvalue weighted by atomic mass is 10.3. The van der Waals surface area contributed by atoms with E-state index in [2.05, 4.69) is 14.7 Å². The first-order chi connectivity index (χ1) is 6.70. The molecule has 0 atom stereocenters. The van der Waals surface area contributed by atoms with E-state index in [9.17, 15) is 4.79 Å². The van der Waals surface area contributed by atoms with E-state index in [0.29, 0.717) is 16.5 Å². The lowest BCUT2D eigenvalue weighted by Gasteiger charge is -1.91. The number of H-pyrrole nitrogens is 1. The third-order valence-electron chi connectivity index (χ3n) is 1.85. The van der Waals surface area contributed by atoms with E-state index in [1.54, 1.807) is 18.2 Å². The van der Waals surface area contributed by atoms with Gasteiger partial charge in [0.15, 0.2) is 0 Å². The first kappa shape index (κ1) is 9.02. The number of methoxy groups -OCH3 is 1. The van der Waals surface area contributed by atoms with Crippen LogP contribution in [0.1, 0.15) is 10.5 Å². The highest BCUT2D eigenvalue weighted by atomic mass is 35.5. The van der Waals surface area contributed by atoms with Crippen molar-refractivity contribution < 1.29 is 9.53 Å². The van der Waals surface area contributed by atoms with Crippen LogP contribution in [0.25, 0.3) is 11.0 Å². The van der Waals surface area contributed by atoms with Crippen molar-refractivity contribution in [2.45, 2.75) is 0 Å². The summed E-state index contributed by atoms with van der Waals surface area (Å²) in [4.78, 5) is 18.0. The van der Waals surface area contributed by atoms with E-state index in [-0.39, 0.29) is 0 Å². The maximum Gasteiger partial charge on any atom is 0.354 e. The number of aromatic nitrogens is 2. The topological polar surface area (TPSA) is 55.0 Å². The lowest BCUT2D eigenvalue weighted by molar-refractivity contribution is 0.0595. The number of rotatable bonds is 1. The van der Waals surface area contributed by atoms with Crippen LogP contribution in [0.15, 0.2) is 18.2 Å². The number of hydrogen-bond donors (Lipinski definition) is 1. The predicted molar refractivity (Wildman–Crippen MR) is 52.4 cm³/mol. The fourth-order valence-corrected chi connectivity index (χ4v) is 1.35. The van der Waals surface area contributed by atoms with Crippen molar-refractivity contribution in [2.75, 3.05) is 7.11 Å². The molecule has 0 fully saturated rings. The quantitative estimate of drug-likeness (QED) is 0.579. The Morgan fingerprint density at radius 3 is 3.07 bits per heavy atom. The smallest absolute Gasteiger partial charge is 0.354 e. The first-order valence-electron chi connectivity index (χ1n) is 3.94. The maximum atomic E-state index is 11.2. The van der Waals surface area contributed by atoms with Gasteiger partial charge in [-0.3, -0.25) is 0 Å². The van der Waals surface area contributed by atoms with Crippen molar-refractivity contribution in [3.05, 3.63) is 29.0 Å². The van der Waals surface area contributed by atoms with Crippen LogP contribution in [0, 0.1) is 0 Å². The first-order valence-corrected chi connectivity index (χ1v) is 4.32. The van der Waals surface area contributed by atoms with Crippen molar-refractivity contribution in [2.24, 2.45) is 0 Å². The Bertz CT molecular complexity index is 493. The molecular formula is C9H7ClN2O2. The largest absolute Gasteiger partial charge is 0.464 e. The number of pyridine rings is 1. The van der Waals surface area contributed by atoms with Gasteiger partial charge >= 0.3 is 5.97 Å². The molecule has 2 aromatic rings. The highest BCUT2D eigenvalue weighted by Crippen LogP contribution is 2.16. The van der Waals surface area contributed by atoms with Crippen LogP contribution in [0.4, 0.5) is 0 Å². The third kappa shape index (κ3) is 1.44. The number of halogens is 1. The van der Waals surface area contributed by atoms with Crippen LogP contribution in [-0.2, 0) is 4.74 Å². The number of fused-ring (bicyclic) bond motifs is 1. The van der Waals surface area contributed by atoms with Gasteiger partial charge in [-0.2, -0.15) is 0 Å². The lowest BCUT2D eigenvalue weighted by Crippen LogP contribution is -2.00. The van der Waals surface area contributed by atoms with Gasteiger partial charge in [-0.1, -0.05) is 11.6 Å². The van der Waals surface area contributed by atoms with E-state index in [0.717, 1.165) is 5.39 Å². The summed E-state index contributed by atoms with van der Waals surface area (Å²) < 4.78 is 4.57. The number of nitrogens with zero attached hydrogens (tertiary/aromatic N) is 1. The van der Waals surface area contributed by atoms with E-state index >= 15 is 0 Å². The number of ether oxygens (including phenoxy) is 1. The van der Waals surface area contributed by atoms with Crippen molar-refractivity contribution >= 4 is 28.6 Å². The van der Waals surface area contributed by atoms with Crippen LogP contribution >= 0.6 is 11.6 Å². The molecule has 0 radical (unpaired) electrons. The molecule has 5 heteroatoms. The number of esters is 1. The molecule has 0 saturated heterocycles. The van der Waals surface area contributed by atoms with E-state index < -0.39 is 5.97 Å². The van der Waals surface area contributed by atoms with Gasteiger partial charge < -0.3 is 9.72 Å². The molecular weight excluding hydrogens is 204 g/mol. The second kappa shape index (κ2) is 3.31. The van der Waals surface area contributed by atoms with E-state index in [1.165, 1.54) is 7.11 Å². The zero-order chi connectivity index (χ0) is 10.1. The molecule has 0 aliphatic rings. The number of nitrogens with one attached hydrogen (secondary N) is 1. The fourth-order valence-electron chi connectivity index (χ4n) is 1.20. The van der Waals surface area contributed by atoms with Gasteiger partial charge in [-0.05, 0) is 18.2 Å². The number of carbonyl (C=O) groups is 1. The summed E-state index contributed by atoms with van der Waals surface area (Å²) in [5, 5.41) is 1.21.